The Kier molecular flexibility index (Phi) is 4.95. The van der Waals surface area contributed by atoms with Gasteiger partial charge in [0.25, 0.3) is 0 Å². The lowest BCUT2D eigenvalue weighted by molar-refractivity contribution is -0.150. The lowest BCUT2D eigenvalue weighted by Crippen LogP contribution is -2.45. The van der Waals surface area contributed by atoms with Crippen molar-refractivity contribution in [3.8, 4) is 0 Å². The Labute approximate surface area is 122 Å². The van der Waals surface area contributed by atoms with Gasteiger partial charge in [-0.05, 0) is 58.3 Å². The third kappa shape index (κ3) is 3.54. The maximum absolute atomic E-state index is 12.4. The molecule has 0 aliphatic heterocycles. The van der Waals surface area contributed by atoms with E-state index in [4.69, 9.17) is 0 Å². The van der Waals surface area contributed by atoms with Crippen LogP contribution in [0.2, 0.25) is 0 Å². The Morgan fingerprint density at radius 2 is 1.70 bits per heavy atom. The molecular formula is C15H28O4S. The van der Waals surface area contributed by atoms with Gasteiger partial charge in [-0.2, -0.15) is 0 Å². The topological polar surface area (TPSA) is 71.4 Å². The fourth-order valence-electron chi connectivity index (χ4n) is 2.86. The van der Waals surface area contributed by atoms with Gasteiger partial charge in [0.1, 0.15) is 0 Å². The van der Waals surface area contributed by atoms with Crippen molar-refractivity contribution in [3.63, 3.8) is 0 Å². The average Bonchev–Trinajstić information content (AvgIpc) is 2.27. The van der Waals surface area contributed by atoms with Gasteiger partial charge in [0.2, 0.25) is 0 Å². The Balaban J connectivity index is 2.95. The largest absolute Gasteiger partial charge is 0.481 e. The molecule has 1 fully saturated rings. The molecule has 0 spiro atoms. The van der Waals surface area contributed by atoms with Crippen LogP contribution in [0.25, 0.3) is 0 Å². The minimum atomic E-state index is -3.42. The smallest absolute Gasteiger partial charge is 0.310 e. The van der Waals surface area contributed by atoms with E-state index in [-0.39, 0.29) is 5.75 Å². The molecule has 0 bridgehead atoms. The second-order valence-corrected chi connectivity index (χ2v) is 10.3. The summed E-state index contributed by atoms with van der Waals surface area (Å²) in [6.45, 7) is 9.20. The molecule has 0 saturated heterocycles. The molecule has 4 nitrogen and oxygen atoms in total. The van der Waals surface area contributed by atoms with Gasteiger partial charge in [-0.3, -0.25) is 4.79 Å². The molecule has 1 saturated carbocycles. The van der Waals surface area contributed by atoms with Crippen LogP contribution in [0, 0.1) is 17.3 Å². The third-order valence-electron chi connectivity index (χ3n) is 4.78. The first-order valence-corrected chi connectivity index (χ1v) is 9.02. The van der Waals surface area contributed by atoms with Crippen molar-refractivity contribution >= 4 is 15.8 Å². The average molecular weight is 304 g/mol. The van der Waals surface area contributed by atoms with Crippen LogP contribution in [-0.2, 0) is 14.6 Å². The minimum absolute atomic E-state index is 0.232. The van der Waals surface area contributed by atoms with Crippen molar-refractivity contribution in [3.05, 3.63) is 0 Å². The summed E-state index contributed by atoms with van der Waals surface area (Å²) in [7, 11) is -3.42. The van der Waals surface area contributed by atoms with Crippen molar-refractivity contribution < 1.29 is 18.3 Å². The molecule has 20 heavy (non-hydrogen) atoms. The number of aliphatic carboxylic acids is 1. The summed E-state index contributed by atoms with van der Waals surface area (Å²) in [5, 5.41) is 9.58. The zero-order chi connectivity index (χ0) is 15.8. The monoisotopic (exact) mass is 304 g/mol. The number of hydrogen-bond donors (Lipinski definition) is 1. The maximum Gasteiger partial charge on any atom is 0.310 e. The number of sulfone groups is 1. The van der Waals surface area contributed by atoms with E-state index in [0.29, 0.717) is 24.7 Å². The lowest BCUT2D eigenvalue weighted by Gasteiger charge is -2.39. The summed E-state index contributed by atoms with van der Waals surface area (Å²) in [6, 6.07) is 0. The highest BCUT2D eigenvalue weighted by molar-refractivity contribution is 7.92. The van der Waals surface area contributed by atoms with Gasteiger partial charge in [-0.15, -0.1) is 0 Å². The molecule has 0 heterocycles. The SMILES string of the molecule is CC(C)[C@H]1CC[C@@](CS(=O)(=O)C(C)(C)C)(C(=O)O)CC1. The minimum Gasteiger partial charge on any atom is -0.481 e. The molecule has 0 aromatic carbocycles. The van der Waals surface area contributed by atoms with Crippen LogP contribution in [-0.4, -0.2) is 30.0 Å². The fourth-order valence-corrected chi connectivity index (χ4v) is 4.43. The van der Waals surface area contributed by atoms with Crippen molar-refractivity contribution in [1.29, 1.82) is 0 Å². The molecule has 0 amide bonds. The molecule has 0 aromatic heterocycles. The summed E-state index contributed by atoms with van der Waals surface area (Å²) in [5.41, 5.74) is -1.09. The van der Waals surface area contributed by atoms with Gasteiger partial charge in [-0.25, -0.2) is 8.42 Å². The quantitative estimate of drug-likeness (QED) is 0.866. The Morgan fingerprint density at radius 1 is 1.25 bits per heavy atom. The van der Waals surface area contributed by atoms with Gasteiger partial charge >= 0.3 is 5.97 Å². The van der Waals surface area contributed by atoms with Crippen LogP contribution in [0.4, 0.5) is 0 Å². The molecule has 5 heteroatoms. The highest BCUT2D eigenvalue weighted by Crippen LogP contribution is 2.43. The molecule has 1 rings (SSSR count). The highest BCUT2D eigenvalue weighted by Gasteiger charge is 2.47. The normalized spacial score (nSPS) is 28.6. The predicted molar refractivity (Wildman–Crippen MR) is 80.4 cm³/mol. The zero-order valence-corrected chi connectivity index (χ0v) is 14.1. The van der Waals surface area contributed by atoms with Crippen LogP contribution in [0.1, 0.15) is 60.3 Å². The van der Waals surface area contributed by atoms with Gasteiger partial charge in [0, 0.05) is 0 Å². The first kappa shape index (κ1) is 17.5. The number of rotatable bonds is 4. The van der Waals surface area contributed by atoms with Gasteiger partial charge in [-0.1, -0.05) is 13.8 Å². The number of carboxylic acid groups (broad SMARTS) is 1. The summed E-state index contributed by atoms with van der Waals surface area (Å²) < 4.78 is 23.9. The van der Waals surface area contributed by atoms with Gasteiger partial charge in [0.05, 0.1) is 15.9 Å². The first-order valence-electron chi connectivity index (χ1n) is 7.37. The molecule has 0 atom stereocenters. The van der Waals surface area contributed by atoms with E-state index in [1.165, 1.54) is 0 Å². The van der Waals surface area contributed by atoms with Crippen molar-refractivity contribution in [1.82, 2.24) is 0 Å². The van der Waals surface area contributed by atoms with E-state index < -0.39 is 26.0 Å². The van der Waals surface area contributed by atoms with Crippen LogP contribution < -0.4 is 0 Å². The zero-order valence-electron chi connectivity index (χ0n) is 13.3. The Morgan fingerprint density at radius 3 is 2.00 bits per heavy atom. The molecule has 0 unspecified atom stereocenters. The highest BCUT2D eigenvalue weighted by atomic mass is 32.2. The van der Waals surface area contributed by atoms with Crippen LogP contribution in [0.5, 0.6) is 0 Å². The van der Waals surface area contributed by atoms with Crippen LogP contribution in [0.15, 0.2) is 0 Å². The van der Waals surface area contributed by atoms with E-state index in [0.717, 1.165) is 12.8 Å². The summed E-state index contributed by atoms with van der Waals surface area (Å²) in [5.74, 6) is -0.141. The van der Waals surface area contributed by atoms with E-state index in [2.05, 4.69) is 13.8 Å². The second kappa shape index (κ2) is 5.66. The lowest BCUT2D eigenvalue weighted by atomic mass is 9.69. The van der Waals surface area contributed by atoms with E-state index in [1.807, 2.05) is 0 Å². The summed E-state index contributed by atoms with van der Waals surface area (Å²) >= 11 is 0. The molecule has 1 aliphatic rings. The number of hydrogen-bond acceptors (Lipinski definition) is 3. The van der Waals surface area contributed by atoms with E-state index >= 15 is 0 Å². The van der Waals surface area contributed by atoms with Crippen LogP contribution in [0.3, 0.4) is 0 Å². The summed E-state index contributed by atoms with van der Waals surface area (Å²) in [4.78, 5) is 11.7. The second-order valence-electron chi connectivity index (χ2n) is 7.54. The van der Waals surface area contributed by atoms with Crippen molar-refractivity contribution in [2.45, 2.75) is 65.0 Å². The Hall–Kier alpha value is -0.580. The maximum atomic E-state index is 12.4. The van der Waals surface area contributed by atoms with E-state index in [9.17, 15) is 18.3 Å². The number of carbonyl (C=O) groups is 1. The van der Waals surface area contributed by atoms with Gasteiger partial charge in [0.15, 0.2) is 9.84 Å². The standard InChI is InChI=1S/C15H28O4S/c1-11(2)12-6-8-15(9-7-12,13(16)17)10-20(18,19)14(3,4)5/h11-12H,6-10H2,1-5H3,(H,16,17)/t12-,15+. The predicted octanol–water partition coefficient (Wildman–Crippen LogP) is 3.12. The molecule has 118 valence electrons. The fraction of sp³-hybridized carbons (Fsp3) is 0.933. The molecule has 1 aliphatic carbocycles. The first-order chi connectivity index (χ1) is 8.91. The molecule has 1 N–H and O–H groups in total. The van der Waals surface area contributed by atoms with Gasteiger partial charge < -0.3 is 5.11 Å². The molecule has 0 radical (unpaired) electrons. The molecule has 0 aromatic rings. The van der Waals surface area contributed by atoms with Crippen LogP contribution >= 0.6 is 0 Å². The summed E-state index contributed by atoms with van der Waals surface area (Å²) in [6.07, 6.45) is 2.56. The van der Waals surface area contributed by atoms with E-state index in [1.54, 1.807) is 20.8 Å². The van der Waals surface area contributed by atoms with Crippen molar-refractivity contribution in [2.24, 2.45) is 17.3 Å². The molecular weight excluding hydrogens is 276 g/mol. The third-order valence-corrected chi connectivity index (χ3v) is 7.58. The number of carboxylic acids is 1. The van der Waals surface area contributed by atoms with Crippen molar-refractivity contribution in [2.75, 3.05) is 5.75 Å². The Bertz CT molecular complexity index is 449.